The number of amides is 1. The van der Waals surface area contributed by atoms with Crippen LogP contribution in [0.5, 0.6) is 0 Å². The van der Waals surface area contributed by atoms with Crippen LogP contribution in [0.4, 0.5) is 0 Å². The third-order valence-corrected chi connectivity index (χ3v) is 3.88. The van der Waals surface area contributed by atoms with Crippen LogP contribution in [0.15, 0.2) is 24.3 Å². The van der Waals surface area contributed by atoms with Gasteiger partial charge < -0.3 is 9.64 Å². The topological polar surface area (TPSA) is 29.5 Å². The van der Waals surface area contributed by atoms with Gasteiger partial charge in [-0.3, -0.25) is 4.79 Å². The van der Waals surface area contributed by atoms with Gasteiger partial charge in [0.1, 0.15) is 0 Å². The van der Waals surface area contributed by atoms with E-state index in [0.29, 0.717) is 19.7 Å². The van der Waals surface area contributed by atoms with Crippen molar-refractivity contribution in [2.45, 2.75) is 24.8 Å². The van der Waals surface area contributed by atoms with Crippen molar-refractivity contribution in [1.29, 1.82) is 0 Å². The smallest absolute Gasteiger partial charge is 0.254 e. The standard InChI is InChI=1S/C14H18BrNO2/c1-2-13-10-16(7-8-18-13)14(17)12-5-3-11(9-15)4-6-12/h3-6,13H,2,7-10H2,1H3. The molecule has 1 aromatic carbocycles. The molecule has 1 fully saturated rings. The number of hydrogen-bond donors (Lipinski definition) is 0. The van der Waals surface area contributed by atoms with Crippen LogP contribution < -0.4 is 0 Å². The molecule has 0 spiro atoms. The summed E-state index contributed by atoms with van der Waals surface area (Å²) in [4.78, 5) is 14.2. The molecule has 18 heavy (non-hydrogen) atoms. The van der Waals surface area contributed by atoms with Gasteiger partial charge in [-0.15, -0.1) is 0 Å². The molecule has 2 rings (SSSR count). The highest BCUT2D eigenvalue weighted by Gasteiger charge is 2.23. The molecule has 1 aliphatic rings. The predicted octanol–water partition coefficient (Wildman–Crippen LogP) is 2.83. The summed E-state index contributed by atoms with van der Waals surface area (Å²) in [5.74, 6) is 0.109. The number of ether oxygens (including phenoxy) is 1. The Hall–Kier alpha value is -0.870. The molecule has 4 heteroatoms. The maximum absolute atomic E-state index is 12.3. The zero-order valence-corrected chi connectivity index (χ0v) is 12.1. The second-order valence-corrected chi connectivity index (χ2v) is 5.04. The van der Waals surface area contributed by atoms with Gasteiger partial charge in [0.2, 0.25) is 0 Å². The summed E-state index contributed by atoms with van der Waals surface area (Å²) >= 11 is 3.40. The molecule has 0 N–H and O–H groups in total. The summed E-state index contributed by atoms with van der Waals surface area (Å²) in [5.41, 5.74) is 1.94. The Morgan fingerprint density at radius 2 is 2.17 bits per heavy atom. The number of carbonyl (C=O) groups is 1. The van der Waals surface area contributed by atoms with E-state index in [1.807, 2.05) is 29.2 Å². The van der Waals surface area contributed by atoms with Crippen molar-refractivity contribution < 1.29 is 9.53 Å². The zero-order valence-electron chi connectivity index (χ0n) is 10.6. The largest absolute Gasteiger partial charge is 0.375 e. The van der Waals surface area contributed by atoms with E-state index in [9.17, 15) is 4.79 Å². The maximum atomic E-state index is 12.3. The van der Waals surface area contributed by atoms with Gasteiger partial charge >= 0.3 is 0 Å². The van der Waals surface area contributed by atoms with Gasteiger partial charge in [-0.05, 0) is 24.1 Å². The van der Waals surface area contributed by atoms with Crippen LogP contribution in [0, 0.1) is 0 Å². The molecule has 1 heterocycles. The van der Waals surface area contributed by atoms with Gasteiger partial charge in [0, 0.05) is 24.0 Å². The molecule has 0 radical (unpaired) electrons. The monoisotopic (exact) mass is 311 g/mol. The fraction of sp³-hybridized carbons (Fsp3) is 0.500. The Balaban J connectivity index is 2.05. The van der Waals surface area contributed by atoms with Crippen molar-refractivity contribution in [3.05, 3.63) is 35.4 Å². The number of morpholine rings is 1. The molecule has 1 unspecified atom stereocenters. The SMILES string of the molecule is CCC1CN(C(=O)c2ccc(CBr)cc2)CCO1. The predicted molar refractivity (Wildman–Crippen MR) is 75.0 cm³/mol. The van der Waals surface area contributed by atoms with Crippen LogP contribution in [0.3, 0.4) is 0 Å². The van der Waals surface area contributed by atoms with Crippen LogP contribution in [-0.2, 0) is 10.1 Å². The summed E-state index contributed by atoms with van der Waals surface area (Å²) in [6.07, 6.45) is 1.14. The van der Waals surface area contributed by atoms with Gasteiger partial charge in [-0.25, -0.2) is 0 Å². The van der Waals surface area contributed by atoms with Gasteiger partial charge in [0.15, 0.2) is 0 Å². The van der Waals surface area contributed by atoms with E-state index < -0.39 is 0 Å². The Labute approximate surface area is 116 Å². The highest BCUT2D eigenvalue weighted by molar-refractivity contribution is 9.08. The molecule has 1 saturated heterocycles. The molecule has 1 aliphatic heterocycles. The number of halogens is 1. The van der Waals surface area contributed by atoms with Crippen molar-refractivity contribution in [2.75, 3.05) is 19.7 Å². The van der Waals surface area contributed by atoms with Gasteiger partial charge in [-0.2, -0.15) is 0 Å². The zero-order chi connectivity index (χ0) is 13.0. The summed E-state index contributed by atoms with van der Waals surface area (Å²) in [7, 11) is 0. The van der Waals surface area contributed by atoms with E-state index in [1.54, 1.807) is 0 Å². The number of nitrogens with zero attached hydrogens (tertiary/aromatic N) is 1. The Morgan fingerprint density at radius 3 is 2.78 bits per heavy atom. The first-order valence-electron chi connectivity index (χ1n) is 6.30. The minimum absolute atomic E-state index is 0.109. The second-order valence-electron chi connectivity index (χ2n) is 4.48. The molecule has 98 valence electrons. The van der Waals surface area contributed by atoms with Gasteiger partial charge in [0.05, 0.1) is 12.7 Å². The number of benzene rings is 1. The molecule has 0 saturated carbocycles. The molecular formula is C14H18BrNO2. The quantitative estimate of drug-likeness (QED) is 0.803. The number of carbonyl (C=O) groups excluding carboxylic acids is 1. The van der Waals surface area contributed by atoms with E-state index in [2.05, 4.69) is 22.9 Å². The van der Waals surface area contributed by atoms with Crippen LogP contribution in [0.1, 0.15) is 29.3 Å². The van der Waals surface area contributed by atoms with Crippen molar-refractivity contribution in [1.82, 2.24) is 4.90 Å². The van der Waals surface area contributed by atoms with Crippen molar-refractivity contribution in [3.8, 4) is 0 Å². The second kappa shape index (κ2) is 6.34. The molecule has 1 aromatic rings. The third kappa shape index (κ3) is 3.12. The van der Waals surface area contributed by atoms with Crippen LogP contribution in [0.25, 0.3) is 0 Å². The van der Waals surface area contributed by atoms with Crippen LogP contribution in [-0.4, -0.2) is 36.6 Å². The average molecular weight is 312 g/mol. The molecule has 0 aromatic heterocycles. The first-order chi connectivity index (χ1) is 8.74. The molecule has 0 aliphatic carbocycles. The molecular weight excluding hydrogens is 294 g/mol. The lowest BCUT2D eigenvalue weighted by atomic mass is 10.1. The van der Waals surface area contributed by atoms with E-state index in [1.165, 1.54) is 5.56 Å². The summed E-state index contributed by atoms with van der Waals surface area (Å²) in [5, 5.41) is 0.816. The molecule has 0 bridgehead atoms. The molecule has 3 nitrogen and oxygen atoms in total. The Bertz CT molecular complexity index is 405. The normalized spacial score (nSPS) is 19.9. The third-order valence-electron chi connectivity index (χ3n) is 3.24. The van der Waals surface area contributed by atoms with Crippen molar-refractivity contribution in [3.63, 3.8) is 0 Å². The first-order valence-corrected chi connectivity index (χ1v) is 7.42. The van der Waals surface area contributed by atoms with E-state index in [0.717, 1.165) is 17.3 Å². The lowest BCUT2D eigenvalue weighted by molar-refractivity contribution is -0.0226. The lowest BCUT2D eigenvalue weighted by Gasteiger charge is -2.32. The van der Waals surface area contributed by atoms with E-state index in [4.69, 9.17) is 4.74 Å². The van der Waals surface area contributed by atoms with Crippen LogP contribution >= 0.6 is 15.9 Å². The van der Waals surface area contributed by atoms with Crippen molar-refractivity contribution >= 4 is 21.8 Å². The van der Waals surface area contributed by atoms with Gasteiger partial charge in [0.25, 0.3) is 5.91 Å². The number of hydrogen-bond acceptors (Lipinski definition) is 2. The molecule has 1 amide bonds. The number of alkyl halides is 1. The highest BCUT2D eigenvalue weighted by Crippen LogP contribution is 2.14. The Kier molecular flexibility index (Phi) is 4.78. The lowest BCUT2D eigenvalue weighted by Crippen LogP contribution is -2.45. The molecule has 1 atom stereocenters. The summed E-state index contributed by atoms with van der Waals surface area (Å²) < 4.78 is 5.58. The van der Waals surface area contributed by atoms with Crippen LogP contribution in [0.2, 0.25) is 0 Å². The van der Waals surface area contributed by atoms with Gasteiger partial charge in [-0.1, -0.05) is 35.0 Å². The summed E-state index contributed by atoms with van der Waals surface area (Å²) in [6, 6.07) is 7.77. The summed E-state index contributed by atoms with van der Waals surface area (Å²) in [6.45, 7) is 4.12. The fourth-order valence-corrected chi connectivity index (χ4v) is 2.44. The maximum Gasteiger partial charge on any atom is 0.254 e. The number of rotatable bonds is 3. The van der Waals surface area contributed by atoms with E-state index in [-0.39, 0.29) is 12.0 Å². The Morgan fingerprint density at radius 1 is 1.44 bits per heavy atom. The highest BCUT2D eigenvalue weighted by atomic mass is 79.9. The minimum Gasteiger partial charge on any atom is -0.375 e. The minimum atomic E-state index is 0.109. The average Bonchev–Trinajstić information content (AvgIpc) is 2.46. The fourth-order valence-electron chi connectivity index (χ4n) is 2.07. The van der Waals surface area contributed by atoms with Crippen molar-refractivity contribution in [2.24, 2.45) is 0 Å². The first kappa shape index (κ1) is 13.6. The van der Waals surface area contributed by atoms with E-state index >= 15 is 0 Å².